The lowest BCUT2D eigenvalue weighted by molar-refractivity contribution is -0.487. The molecule has 0 saturated heterocycles. The molecule has 17 nitrogen and oxygen atoms in total. The van der Waals surface area contributed by atoms with Crippen LogP contribution in [0.2, 0.25) is 0 Å². The van der Waals surface area contributed by atoms with Crippen LogP contribution in [0.4, 0.5) is 127 Å². The van der Waals surface area contributed by atoms with E-state index in [-0.39, 0.29) is 79.3 Å². The van der Waals surface area contributed by atoms with Crippen molar-refractivity contribution in [2.75, 3.05) is 218 Å². The van der Waals surface area contributed by atoms with Crippen LogP contribution in [0, 0.1) is 0 Å². The molecule has 0 radical (unpaired) electrons. The molecule has 94 heavy (non-hydrogen) atoms. The molecule has 566 valence electrons. The summed E-state index contributed by atoms with van der Waals surface area (Å²) in [5, 5.41) is 8.59. The van der Waals surface area contributed by atoms with Crippen LogP contribution in [-0.4, -0.2) is 306 Å². The molecule has 0 aromatic heterocycles. The minimum absolute atomic E-state index is 0.0158. The number of alkyl halides is 29. The Morgan fingerprint density at radius 1 is 0.149 bits per heavy atom. The van der Waals surface area contributed by atoms with Crippen molar-refractivity contribution in [1.82, 2.24) is 0 Å². The Bertz CT molecular complexity index is 1970. The Morgan fingerprint density at radius 3 is 0.404 bits per heavy atom. The normalized spacial score (nSPS) is 14.5. The van der Waals surface area contributed by atoms with E-state index >= 15 is 0 Å². The van der Waals surface area contributed by atoms with Crippen molar-refractivity contribution >= 4 is 0 Å². The van der Waals surface area contributed by atoms with Gasteiger partial charge in [0.2, 0.25) is 0 Å². The Kier molecular flexibility index (Phi) is 40.6. The van der Waals surface area contributed by atoms with Crippen molar-refractivity contribution in [2.45, 2.75) is 89.6 Å². The fourth-order valence-electron chi connectivity index (χ4n) is 6.20. The highest BCUT2D eigenvalue weighted by molar-refractivity contribution is 5.21. The third-order valence-corrected chi connectivity index (χ3v) is 11.5. The van der Waals surface area contributed by atoms with E-state index in [4.69, 9.17) is 76.2 Å². The largest absolute Gasteiger partial charge is 0.460 e. The van der Waals surface area contributed by atoms with E-state index in [9.17, 15) is 127 Å². The highest BCUT2D eigenvalue weighted by Gasteiger charge is 3.01. The van der Waals surface area contributed by atoms with E-state index in [2.05, 4.69) is 4.74 Å². The molecule has 0 atom stereocenters. The van der Waals surface area contributed by atoms with E-state index in [1.54, 1.807) is 0 Å². The van der Waals surface area contributed by atoms with E-state index in [1.165, 1.54) is 0 Å². The van der Waals surface area contributed by atoms with Gasteiger partial charge in [-0.1, -0.05) is 0 Å². The molecule has 0 spiro atoms. The number of aliphatic hydroxyl groups excluding tert-OH is 1. The fourth-order valence-corrected chi connectivity index (χ4v) is 6.20. The molecule has 0 aliphatic carbocycles. The summed E-state index contributed by atoms with van der Waals surface area (Å²) in [6.07, 6.45) is -11.4. The predicted molar refractivity (Wildman–Crippen MR) is 255 cm³/mol. The first-order valence-corrected chi connectivity index (χ1v) is 27.1. The molecule has 0 aromatic carbocycles. The van der Waals surface area contributed by atoms with E-state index < -0.39 is 109 Å². The summed E-state index contributed by atoms with van der Waals surface area (Å²) in [4.78, 5) is 0. The van der Waals surface area contributed by atoms with Crippen molar-refractivity contribution < 1.29 is 208 Å². The maximum absolute atomic E-state index is 14.2. The molecule has 0 rings (SSSR count). The van der Waals surface area contributed by atoms with E-state index in [1.807, 2.05) is 0 Å². The van der Waals surface area contributed by atoms with Crippen LogP contribution >= 0.6 is 0 Å². The molecule has 1 N–H and O–H groups in total. The topological polar surface area (TPSA) is 168 Å². The number of ether oxygens (including phenoxy) is 16. The van der Waals surface area contributed by atoms with Gasteiger partial charge in [-0.05, 0) is 0 Å². The maximum Gasteiger partial charge on any atom is 0.460 e. The SMILES string of the molecule is OCCOCCOCCOCCOCCOCCOCCOCCOCCOCCOCCOCCOCCOCCOCCOCCOCCC(F)(F)C(F)(F)C(F)(F)C(F)(F)C(F)(F)C(F)(F)C(F)(F)C(F)(F)C(F)(F)C(F)(F)C(F)(F)C(F)(F)C(F)(F)C(F)(F)F. The van der Waals surface area contributed by atoms with Crippen LogP contribution in [0.15, 0.2) is 0 Å². The molecular weight excluding hydrogens is 1400 g/mol. The van der Waals surface area contributed by atoms with Gasteiger partial charge >= 0.3 is 83.2 Å². The summed E-state index contributed by atoms with van der Waals surface area (Å²) in [5.74, 6) is -121. The van der Waals surface area contributed by atoms with Gasteiger partial charge in [-0.3, -0.25) is 0 Å². The van der Waals surface area contributed by atoms with Crippen LogP contribution in [-0.2, 0) is 75.8 Å². The third-order valence-electron chi connectivity index (χ3n) is 11.5. The Morgan fingerprint density at radius 2 is 0.266 bits per heavy atom. The van der Waals surface area contributed by atoms with Gasteiger partial charge in [0.1, 0.15) is 0 Å². The molecule has 0 aliphatic rings. The van der Waals surface area contributed by atoms with Crippen molar-refractivity contribution in [1.29, 1.82) is 0 Å². The Hall–Kier alpha value is -2.71. The van der Waals surface area contributed by atoms with Crippen molar-refractivity contribution in [3.63, 3.8) is 0 Å². The quantitative estimate of drug-likeness (QED) is 0.0451. The molecule has 0 aromatic rings. The zero-order valence-electron chi connectivity index (χ0n) is 49.0. The van der Waals surface area contributed by atoms with Crippen molar-refractivity contribution in [3.05, 3.63) is 0 Å². The minimum Gasteiger partial charge on any atom is -0.394 e. The molecule has 0 bridgehead atoms. The van der Waals surface area contributed by atoms with Crippen LogP contribution in [0.1, 0.15) is 6.42 Å². The smallest absolute Gasteiger partial charge is 0.394 e. The van der Waals surface area contributed by atoms with Crippen LogP contribution in [0.3, 0.4) is 0 Å². The summed E-state index contributed by atoms with van der Waals surface area (Å²) in [5.41, 5.74) is 0. The summed E-state index contributed by atoms with van der Waals surface area (Å²) in [7, 11) is 0. The summed E-state index contributed by atoms with van der Waals surface area (Å²) < 4.78 is 482. The molecule has 0 amide bonds. The number of hydrogen-bond donors (Lipinski definition) is 1. The van der Waals surface area contributed by atoms with Gasteiger partial charge in [-0.15, -0.1) is 0 Å². The Labute approximate surface area is 515 Å². The summed E-state index contributed by atoms with van der Waals surface area (Å²) in [6, 6.07) is 0. The highest BCUT2D eigenvalue weighted by Crippen LogP contribution is 2.69. The summed E-state index contributed by atoms with van der Waals surface area (Å²) >= 11 is 0. The molecule has 0 heterocycles. The number of hydrogen-bond acceptors (Lipinski definition) is 17. The third kappa shape index (κ3) is 25.2. The van der Waals surface area contributed by atoms with Crippen molar-refractivity contribution in [3.8, 4) is 0 Å². The first-order valence-electron chi connectivity index (χ1n) is 27.1. The van der Waals surface area contributed by atoms with Gasteiger partial charge in [0.05, 0.1) is 218 Å². The van der Waals surface area contributed by atoms with Gasteiger partial charge in [-0.2, -0.15) is 127 Å². The van der Waals surface area contributed by atoms with Crippen molar-refractivity contribution in [2.24, 2.45) is 0 Å². The zero-order valence-corrected chi connectivity index (χ0v) is 49.0. The maximum atomic E-state index is 14.2. The van der Waals surface area contributed by atoms with Gasteiger partial charge in [0.15, 0.2) is 0 Å². The fraction of sp³-hybridized carbons (Fsp3) is 1.00. The lowest BCUT2D eigenvalue weighted by atomic mass is 9.83. The van der Waals surface area contributed by atoms with E-state index in [0.717, 1.165) is 0 Å². The second kappa shape index (κ2) is 41.8. The van der Waals surface area contributed by atoms with Gasteiger partial charge < -0.3 is 80.9 Å². The number of rotatable bonds is 62. The first-order chi connectivity index (χ1) is 43.3. The van der Waals surface area contributed by atoms with Gasteiger partial charge in [-0.25, -0.2) is 0 Å². The van der Waals surface area contributed by atoms with E-state index in [0.29, 0.717) is 119 Å². The molecule has 0 unspecified atom stereocenters. The van der Waals surface area contributed by atoms with Crippen LogP contribution in [0.25, 0.3) is 0 Å². The Balaban J connectivity index is 4.29. The van der Waals surface area contributed by atoms with Gasteiger partial charge in [0, 0.05) is 6.42 Å². The predicted octanol–water partition coefficient (Wildman–Crippen LogP) is 9.46. The lowest BCUT2D eigenvalue weighted by Gasteiger charge is -2.46. The number of aliphatic hydroxyl groups is 1. The molecular formula is C48H69F29O17. The lowest BCUT2D eigenvalue weighted by Crippen LogP contribution is -2.79. The molecule has 46 heteroatoms. The monoisotopic (exact) mass is 1470 g/mol. The average molecular weight is 1470 g/mol. The van der Waals surface area contributed by atoms with Crippen LogP contribution in [0.5, 0.6) is 0 Å². The standard InChI is InChI=1S/C48H69F29O17/c49-35(50,36(51,52)37(53,54)38(55,56)39(57,58)40(59,60)41(61,62)42(63,64)43(65,66)44(67,68)45(69,70)46(71,72)47(73,74)48(75,76)77)1-3-79-5-7-81-9-11-83-13-15-85-17-19-87-21-23-89-25-27-91-29-31-93-33-34-94-32-30-92-28-26-90-24-22-88-20-18-86-16-14-84-12-10-82-8-6-80-4-2-78/h78H,1-34H2. The molecule has 0 aliphatic heterocycles. The van der Waals surface area contributed by atoms with Crippen LogP contribution < -0.4 is 0 Å². The number of halogens is 29. The second-order valence-corrected chi connectivity index (χ2v) is 18.4. The summed E-state index contributed by atoms with van der Waals surface area (Å²) in [6.45, 7) is 3.75. The second-order valence-electron chi connectivity index (χ2n) is 18.4. The highest BCUT2D eigenvalue weighted by atomic mass is 19.4. The molecule has 0 fully saturated rings. The van der Waals surface area contributed by atoms with Gasteiger partial charge in [0.25, 0.3) is 0 Å². The zero-order chi connectivity index (χ0) is 72.4. The average Bonchev–Trinajstić information content (AvgIpc) is 0.686. The first kappa shape index (κ1) is 91.3. The molecule has 0 saturated carbocycles. The minimum atomic E-state index is -9.97.